The number of anilines is 1. The Labute approximate surface area is 98.4 Å². The average molecular weight is 274 g/mol. The lowest BCUT2D eigenvalue weighted by Gasteiger charge is -2.15. The maximum absolute atomic E-state index is 9.85. The van der Waals surface area contributed by atoms with E-state index in [1.807, 2.05) is 26.0 Å². The van der Waals surface area contributed by atoms with Crippen LogP contribution in [0.1, 0.15) is 25.5 Å². The van der Waals surface area contributed by atoms with Gasteiger partial charge in [0.05, 0.1) is 12.7 Å². The largest absolute Gasteiger partial charge is 0.398 e. The number of aliphatic hydroxyl groups excluding tert-OH is 1. The van der Waals surface area contributed by atoms with Crippen LogP contribution in [0.4, 0.5) is 5.69 Å². The summed E-state index contributed by atoms with van der Waals surface area (Å²) in [7, 11) is 0. The molecule has 1 unspecified atom stereocenters. The maximum atomic E-state index is 9.85. The van der Waals surface area contributed by atoms with Crippen LogP contribution in [-0.4, -0.2) is 17.8 Å². The third-order valence-electron chi connectivity index (χ3n) is 2.00. The summed E-state index contributed by atoms with van der Waals surface area (Å²) in [5.74, 6) is 0. The average Bonchev–Trinajstić information content (AvgIpc) is 2.18. The predicted molar refractivity (Wildman–Crippen MR) is 64.6 cm³/mol. The fourth-order valence-corrected chi connectivity index (χ4v) is 1.59. The standard InChI is InChI=1S/C11H16BrNO2/c1-7(2)15-6-11(14)9-5-8(12)3-4-10(9)13/h3-5,7,11,14H,6,13H2,1-2H3. The van der Waals surface area contributed by atoms with Gasteiger partial charge in [-0.1, -0.05) is 15.9 Å². The third-order valence-corrected chi connectivity index (χ3v) is 2.49. The second-order valence-corrected chi connectivity index (χ2v) is 4.59. The lowest BCUT2D eigenvalue weighted by atomic mass is 10.1. The number of halogens is 1. The summed E-state index contributed by atoms with van der Waals surface area (Å²) < 4.78 is 6.23. The highest BCUT2D eigenvalue weighted by atomic mass is 79.9. The molecule has 0 fully saturated rings. The van der Waals surface area contributed by atoms with Crippen LogP contribution < -0.4 is 5.73 Å². The Morgan fingerprint density at radius 1 is 1.47 bits per heavy atom. The van der Waals surface area contributed by atoms with E-state index in [-0.39, 0.29) is 12.7 Å². The van der Waals surface area contributed by atoms with Gasteiger partial charge in [-0.05, 0) is 32.0 Å². The normalized spacial score (nSPS) is 13.1. The zero-order valence-electron chi connectivity index (χ0n) is 8.90. The van der Waals surface area contributed by atoms with Crippen LogP contribution in [-0.2, 0) is 4.74 Å². The highest BCUT2D eigenvalue weighted by molar-refractivity contribution is 9.10. The van der Waals surface area contributed by atoms with Crippen LogP contribution in [0.2, 0.25) is 0 Å². The number of nitrogens with two attached hydrogens (primary N) is 1. The zero-order chi connectivity index (χ0) is 11.4. The summed E-state index contributed by atoms with van der Waals surface area (Å²) in [4.78, 5) is 0. The molecule has 3 N–H and O–H groups in total. The van der Waals surface area contributed by atoms with Gasteiger partial charge in [-0.25, -0.2) is 0 Å². The van der Waals surface area contributed by atoms with Gasteiger partial charge in [-0.3, -0.25) is 0 Å². The summed E-state index contributed by atoms with van der Waals surface area (Å²) in [6.45, 7) is 4.12. The van der Waals surface area contributed by atoms with Crippen molar-refractivity contribution in [3.63, 3.8) is 0 Å². The second-order valence-electron chi connectivity index (χ2n) is 3.67. The SMILES string of the molecule is CC(C)OCC(O)c1cc(Br)ccc1N. The van der Waals surface area contributed by atoms with Gasteiger partial charge in [-0.15, -0.1) is 0 Å². The first-order valence-electron chi connectivity index (χ1n) is 4.85. The van der Waals surface area contributed by atoms with Crippen LogP contribution in [0.15, 0.2) is 22.7 Å². The van der Waals surface area contributed by atoms with Gasteiger partial charge >= 0.3 is 0 Å². The van der Waals surface area contributed by atoms with Gasteiger partial charge in [0.1, 0.15) is 6.10 Å². The number of nitrogen functional groups attached to an aromatic ring is 1. The maximum Gasteiger partial charge on any atom is 0.104 e. The smallest absolute Gasteiger partial charge is 0.104 e. The number of hydrogen-bond donors (Lipinski definition) is 2. The van der Waals surface area contributed by atoms with E-state index in [1.165, 1.54) is 0 Å². The van der Waals surface area contributed by atoms with E-state index in [0.717, 1.165) is 4.47 Å². The van der Waals surface area contributed by atoms with Gasteiger partial charge in [-0.2, -0.15) is 0 Å². The second kappa shape index (κ2) is 5.49. The fraction of sp³-hybridized carbons (Fsp3) is 0.455. The molecule has 1 aromatic carbocycles. The molecule has 1 atom stereocenters. The molecule has 0 aromatic heterocycles. The highest BCUT2D eigenvalue weighted by Gasteiger charge is 2.12. The van der Waals surface area contributed by atoms with E-state index < -0.39 is 6.10 Å². The first-order valence-corrected chi connectivity index (χ1v) is 5.64. The number of benzene rings is 1. The minimum absolute atomic E-state index is 0.105. The summed E-state index contributed by atoms with van der Waals surface area (Å²) in [6.07, 6.45) is -0.571. The summed E-state index contributed by atoms with van der Waals surface area (Å²) >= 11 is 3.34. The Hall–Kier alpha value is -0.580. The van der Waals surface area contributed by atoms with Crippen molar-refractivity contribution in [1.29, 1.82) is 0 Å². The number of hydrogen-bond acceptors (Lipinski definition) is 3. The molecule has 84 valence electrons. The zero-order valence-corrected chi connectivity index (χ0v) is 10.5. The van der Waals surface area contributed by atoms with Crippen molar-refractivity contribution in [2.24, 2.45) is 0 Å². The third kappa shape index (κ3) is 3.81. The Morgan fingerprint density at radius 2 is 2.13 bits per heavy atom. The molecule has 0 aliphatic carbocycles. The molecule has 3 nitrogen and oxygen atoms in total. The van der Waals surface area contributed by atoms with E-state index in [9.17, 15) is 5.11 Å². The molecule has 0 saturated heterocycles. The molecular formula is C11H16BrNO2. The molecule has 4 heteroatoms. The molecule has 1 aromatic rings. The first-order chi connectivity index (χ1) is 7.00. The molecular weight excluding hydrogens is 258 g/mol. The van der Waals surface area contributed by atoms with Gasteiger partial charge in [0.2, 0.25) is 0 Å². The molecule has 0 amide bonds. The molecule has 0 radical (unpaired) electrons. The van der Waals surface area contributed by atoms with Crippen LogP contribution in [0.25, 0.3) is 0 Å². The van der Waals surface area contributed by atoms with Gasteiger partial charge in [0.25, 0.3) is 0 Å². The monoisotopic (exact) mass is 273 g/mol. The summed E-state index contributed by atoms with van der Waals surface area (Å²) in [5.41, 5.74) is 7.04. The van der Waals surface area contributed by atoms with Crippen molar-refractivity contribution in [1.82, 2.24) is 0 Å². The number of rotatable bonds is 4. The molecule has 1 rings (SSSR count). The van der Waals surface area contributed by atoms with Crippen molar-refractivity contribution in [3.8, 4) is 0 Å². The van der Waals surface area contributed by atoms with Crippen molar-refractivity contribution >= 4 is 21.6 Å². The number of aliphatic hydroxyl groups is 1. The van der Waals surface area contributed by atoms with Gasteiger partial charge in [0, 0.05) is 15.7 Å². The minimum atomic E-state index is -0.676. The van der Waals surface area contributed by atoms with Crippen molar-refractivity contribution < 1.29 is 9.84 Å². The van der Waals surface area contributed by atoms with Gasteiger partial charge < -0.3 is 15.6 Å². The molecule has 0 aliphatic heterocycles. The molecule has 0 bridgehead atoms. The van der Waals surface area contributed by atoms with Gasteiger partial charge in [0.15, 0.2) is 0 Å². The van der Waals surface area contributed by atoms with Crippen LogP contribution in [0, 0.1) is 0 Å². The Kier molecular flexibility index (Phi) is 4.57. The summed E-state index contributed by atoms with van der Waals surface area (Å²) in [6, 6.07) is 5.41. The first kappa shape index (κ1) is 12.5. The van der Waals surface area contributed by atoms with Crippen LogP contribution >= 0.6 is 15.9 Å². The summed E-state index contributed by atoms with van der Waals surface area (Å²) in [5, 5.41) is 9.85. The fourth-order valence-electron chi connectivity index (χ4n) is 1.21. The van der Waals surface area contributed by atoms with E-state index >= 15 is 0 Å². The van der Waals surface area contributed by atoms with Crippen molar-refractivity contribution in [3.05, 3.63) is 28.2 Å². The molecule has 0 saturated carbocycles. The van der Waals surface area contributed by atoms with E-state index in [1.54, 1.807) is 6.07 Å². The molecule has 0 spiro atoms. The van der Waals surface area contributed by atoms with Crippen LogP contribution in [0.3, 0.4) is 0 Å². The molecule has 0 heterocycles. The molecule has 0 aliphatic rings. The van der Waals surface area contributed by atoms with Crippen molar-refractivity contribution in [2.45, 2.75) is 26.1 Å². The minimum Gasteiger partial charge on any atom is -0.398 e. The Bertz CT molecular complexity index is 328. The van der Waals surface area contributed by atoms with E-state index in [4.69, 9.17) is 10.5 Å². The predicted octanol–water partition coefficient (Wildman–Crippen LogP) is 2.49. The van der Waals surface area contributed by atoms with Crippen LogP contribution in [0.5, 0.6) is 0 Å². The number of ether oxygens (including phenoxy) is 1. The Morgan fingerprint density at radius 3 is 2.73 bits per heavy atom. The van der Waals surface area contributed by atoms with Crippen molar-refractivity contribution in [2.75, 3.05) is 12.3 Å². The topological polar surface area (TPSA) is 55.5 Å². The highest BCUT2D eigenvalue weighted by Crippen LogP contribution is 2.24. The van der Waals surface area contributed by atoms with E-state index in [0.29, 0.717) is 11.3 Å². The lowest BCUT2D eigenvalue weighted by molar-refractivity contribution is 0.00519. The lowest BCUT2D eigenvalue weighted by Crippen LogP contribution is -2.13. The molecule has 15 heavy (non-hydrogen) atoms. The Balaban J connectivity index is 2.72. The quantitative estimate of drug-likeness (QED) is 0.829. The van der Waals surface area contributed by atoms with E-state index in [2.05, 4.69) is 15.9 Å².